The fourth-order valence-corrected chi connectivity index (χ4v) is 5.76. The van der Waals surface area contributed by atoms with Gasteiger partial charge in [-0.2, -0.15) is 0 Å². The van der Waals surface area contributed by atoms with Crippen LogP contribution in [0.3, 0.4) is 0 Å². The second-order valence-corrected chi connectivity index (χ2v) is 9.11. The van der Waals surface area contributed by atoms with Gasteiger partial charge in [0.2, 0.25) is 10.0 Å². The number of thiocarbonyl (C=S) groups is 1. The summed E-state index contributed by atoms with van der Waals surface area (Å²) >= 11 is 4.71. The van der Waals surface area contributed by atoms with E-state index >= 15 is 0 Å². The molecular formula is C9H18N2O4S3. The number of rotatable bonds is 6. The Labute approximate surface area is 113 Å². The van der Waals surface area contributed by atoms with Gasteiger partial charge in [0.05, 0.1) is 16.5 Å². The Bertz CT molecular complexity index is 512. The van der Waals surface area contributed by atoms with Crippen molar-refractivity contribution < 1.29 is 16.8 Å². The maximum atomic E-state index is 11.9. The zero-order chi connectivity index (χ0) is 14.0. The Hall–Kier alpha value is -0.250. The molecule has 0 aromatic rings. The fraction of sp³-hybridized carbons (Fsp3) is 0.889. The lowest BCUT2D eigenvalue weighted by Gasteiger charge is -2.16. The SMILES string of the molecule is CCC(C(N)=S)S(=O)(=O)NCC1CCS(=O)(=O)C1. The molecule has 1 aliphatic rings. The third-order valence-corrected chi connectivity index (χ3v) is 7.14. The van der Waals surface area contributed by atoms with Crippen LogP contribution in [0.1, 0.15) is 19.8 Å². The molecule has 1 rings (SSSR count). The summed E-state index contributed by atoms with van der Waals surface area (Å²) in [5.74, 6) is 0.0132. The standard InChI is InChI=1S/C9H18N2O4S3/c1-2-8(9(10)16)18(14,15)11-5-7-3-4-17(12,13)6-7/h7-8,11H,2-6H2,1H3,(H2,10,16). The molecule has 1 saturated heterocycles. The maximum absolute atomic E-state index is 11.9. The van der Waals surface area contributed by atoms with Gasteiger partial charge < -0.3 is 5.73 Å². The summed E-state index contributed by atoms with van der Waals surface area (Å²) in [4.78, 5) is -0.0657. The van der Waals surface area contributed by atoms with Gasteiger partial charge in [0, 0.05) is 6.54 Å². The molecule has 9 heteroatoms. The highest BCUT2D eigenvalue weighted by Gasteiger charge is 2.31. The van der Waals surface area contributed by atoms with Gasteiger partial charge in [-0.25, -0.2) is 21.6 Å². The van der Waals surface area contributed by atoms with Gasteiger partial charge in [-0.05, 0) is 18.8 Å². The minimum atomic E-state index is -3.61. The van der Waals surface area contributed by atoms with Gasteiger partial charge >= 0.3 is 0 Å². The van der Waals surface area contributed by atoms with E-state index in [4.69, 9.17) is 18.0 Å². The van der Waals surface area contributed by atoms with E-state index in [0.29, 0.717) is 12.8 Å². The van der Waals surface area contributed by atoms with Crippen LogP contribution in [0, 0.1) is 5.92 Å². The van der Waals surface area contributed by atoms with Crippen LogP contribution in [-0.2, 0) is 19.9 Å². The smallest absolute Gasteiger partial charge is 0.221 e. The number of sulfone groups is 1. The van der Waals surface area contributed by atoms with Crippen molar-refractivity contribution >= 4 is 37.1 Å². The number of sulfonamides is 1. The summed E-state index contributed by atoms with van der Waals surface area (Å²) in [6.45, 7) is 1.81. The molecule has 0 radical (unpaired) electrons. The van der Waals surface area contributed by atoms with Crippen LogP contribution in [0.25, 0.3) is 0 Å². The number of hydrogen-bond donors (Lipinski definition) is 2. The van der Waals surface area contributed by atoms with Crippen LogP contribution < -0.4 is 10.5 Å². The first-order valence-electron chi connectivity index (χ1n) is 5.66. The van der Waals surface area contributed by atoms with E-state index in [1.807, 2.05) is 0 Å². The highest BCUT2D eigenvalue weighted by atomic mass is 32.2. The summed E-state index contributed by atoms with van der Waals surface area (Å²) in [5.41, 5.74) is 5.38. The van der Waals surface area contributed by atoms with Crippen molar-refractivity contribution in [2.45, 2.75) is 25.0 Å². The van der Waals surface area contributed by atoms with Crippen molar-refractivity contribution in [3.63, 3.8) is 0 Å². The average molecular weight is 314 g/mol. The van der Waals surface area contributed by atoms with Gasteiger partial charge in [-0.1, -0.05) is 19.1 Å². The molecule has 3 N–H and O–H groups in total. The van der Waals surface area contributed by atoms with Crippen molar-refractivity contribution in [1.29, 1.82) is 0 Å². The van der Waals surface area contributed by atoms with Crippen molar-refractivity contribution in [2.24, 2.45) is 11.7 Å². The minimum absolute atomic E-state index is 0.0411. The molecule has 0 aromatic heterocycles. The van der Waals surface area contributed by atoms with Gasteiger partial charge in [0.15, 0.2) is 9.84 Å². The average Bonchev–Trinajstić information content (AvgIpc) is 2.55. The Kier molecular flexibility index (Phi) is 5.10. The van der Waals surface area contributed by atoms with E-state index in [9.17, 15) is 16.8 Å². The number of hydrogen-bond acceptors (Lipinski definition) is 5. The molecular weight excluding hydrogens is 296 g/mol. The molecule has 0 aromatic carbocycles. The Balaban J connectivity index is 2.60. The molecule has 0 saturated carbocycles. The third kappa shape index (κ3) is 4.15. The summed E-state index contributed by atoms with van der Waals surface area (Å²) < 4.78 is 48.7. The normalized spacial score (nSPS) is 24.8. The lowest BCUT2D eigenvalue weighted by atomic mass is 10.1. The zero-order valence-corrected chi connectivity index (χ0v) is 12.6. The molecule has 1 heterocycles. The van der Waals surface area contributed by atoms with Crippen molar-refractivity contribution in [3.05, 3.63) is 0 Å². The number of nitrogens with two attached hydrogens (primary N) is 1. The molecule has 106 valence electrons. The predicted octanol–water partition coefficient (Wildman–Crippen LogP) is -0.595. The van der Waals surface area contributed by atoms with Crippen molar-refractivity contribution in [3.8, 4) is 0 Å². The summed E-state index contributed by atoms with van der Waals surface area (Å²) in [6, 6.07) is 0. The summed E-state index contributed by atoms with van der Waals surface area (Å²) in [6.07, 6.45) is 0.794. The van der Waals surface area contributed by atoms with Crippen LogP contribution >= 0.6 is 12.2 Å². The van der Waals surface area contributed by atoms with Crippen LogP contribution in [0.5, 0.6) is 0 Å². The van der Waals surface area contributed by atoms with Gasteiger partial charge in [0.25, 0.3) is 0 Å². The molecule has 2 atom stereocenters. The molecule has 0 aliphatic carbocycles. The van der Waals surface area contributed by atoms with Gasteiger partial charge in [0.1, 0.15) is 5.25 Å². The lowest BCUT2D eigenvalue weighted by molar-refractivity contribution is 0.539. The Morgan fingerprint density at radius 1 is 1.56 bits per heavy atom. The quantitative estimate of drug-likeness (QED) is 0.634. The molecule has 18 heavy (non-hydrogen) atoms. The van der Waals surface area contributed by atoms with E-state index in [0.717, 1.165) is 0 Å². The fourth-order valence-electron chi connectivity index (χ4n) is 1.94. The largest absolute Gasteiger partial charge is 0.392 e. The predicted molar refractivity (Wildman–Crippen MR) is 74.5 cm³/mol. The summed E-state index contributed by atoms with van der Waals surface area (Å²) in [7, 11) is -6.60. The highest BCUT2D eigenvalue weighted by molar-refractivity contribution is 7.93. The molecule has 2 unspecified atom stereocenters. The van der Waals surface area contributed by atoms with Crippen molar-refractivity contribution in [1.82, 2.24) is 4.72 Å². The van der Waals surface area contributed by atoms with E-state index in [2.05, 4.69) is 4.72 Å². The Morgan fingerprint density at radius 2 is 2.17 bits per heavy atom. The third-order valence-electron chi connectivity index (χ3n) is 2.96. The second-order valence-electron chi connectivity index (χ2n) is 4.46. The highest BCUT2D eigenvalue weighted by Crippen LogP contribution is 2.18. The molecule has 0 spiro atoms. The first-order valence-corrected chi connectivity index (χ1v) is 9.43. The first kappa shape index (κ1) is 15.8. The topological polar surface area (TPSA) is 106 Å². The maximum Gasteiger partial charge on any atom is 0.221 e. The zero-order valence-electron chi connectivity index (χ0n) is 10.1. The van der Waals surface area contributed by atoms with Crippen LogP contribution in [0.4, 0.5) is 0 Å². The molecule has 1 fully saturated rings. The summed E-state index contributed by atoms with van der Waals surface area (Å²) in [5, 5.41) is -0.898. The lowest BCUT2D eigenvalue weighted by Crippen LogP contribution is -2.43. The van der Waals surface area contributed by atoms with Crippen LogP contribution in [-0.4, -0.2) is 45.1 Å². The van der Waals surface area contributed by atoms with Gasteiger partial charge in [-0.3, -0.25) is 0 Å². The van der Waals surface area contributed by atoms with Crippen LogP contribution in [0.2, 0.25) is 0 Å². The minimum Gasteiger partial charge on any atom is -0.392 e. The molecule has 0 amide bonds. The number of nitrogens with one attached hydrogen (secondary N) is 1. The second kappa shape index (κ2) is 5.81. The molecule has 0 bridgehead atoms. The first-order chi connectivity index (χ1) is 8.18. The van der Waals surface area contributed by atoms with Gasteiger partial charge in [-0.15, -0.1) is 0 Å². The van der Waals surface area contributed by atoms with Crippen molar-refractivity contribution in [2.75, 3.05) is 18.1 Å². The molecule has 6 nitrogen and oxygen atoms in total. The van der Waals surface area contributed by atoms with E-state index in [-0.39, 0.29) is 29.0 Å². The van der Waals surface area contributed by atoms with E-state index in [1.54, 1.807) is 6.92 Å². The van der Waals surface area contributed by atoms with E-state index in [1.165, 1.54) is 0 Å². The monoisotopic (exact) mass is 314 g/mol. The van der Waals surface area contributed by atoms with E-state index < -0.39 is 25.1 Å². The molecule has 1 aliphatic heterocycles. The Morgan fingerprint density at radius 3 is 2.56 bits per heavy atom. The van der Waals surface area contributed by atoms with Crippen LogP contribution in [0.15, 0.2) is 0 Å².